The number of hydrogen-bond acceptors (Lipinski definition) is 2. The van der Waals surface area contributed by atoms with Gasteiger partial charge in [-0.05, 0) is 13.3 Å². The number of ketones is 1. The van der Waals surface area contributed by atoms with E-state index in [2.05, 4.69) is 4.98 Å². The average molecular weight is 207 g/mol. The topological polar surface area (TPSA) is 70.2 Å². The Bertz CT molecular complexity index is 496. The molecule has 0 radical (unpaired) electrons. The molecule has 0 spiro atoms. The maximum Gasteiger partial charge on any atom is 0.377 e. The largest absolute Gasteiger partial charge is 0.475 e. The van der Waals surface area contributed by atoms with Crippen LogP contribution >= 0.6 is 0 Å². The Morgan fingerprint density at radius 2 is 2.20 bits per heavy atom. The molecule has 0 saturated carbocycles. The van der Waals surface area contributed by atoms with Gasteiger partial charge in [-0.3, -0.25) is 4.79 Å². The van der Waals surface area contributed by atoms with Gasteiger partial charge in [-0.2, -0.15) is 0 Å². The highest BCUT2D eigenvalue weighted by Gasteiger charge is 2.16. The van der Waals surface area contributed by atoms with E-state index in [4.69, 9.17) is 5.11 Å². The summed E-state index contributed by atoms with van der Waals surface area (Å²) in [6.07, 6.45) is 5.83. The first kappa shape index (κ1) is 11.2. The van der Waals surface area contributed by atoms with Gasteiger partial charge in [0.15, 0.2) is 0 Å². The van der Waals surface area contributed by atoms with Gasteiger partial charge in [-0.1, -0.05) is 19.1 Å². The van der Waals surface area contributed by atoms with Crippen molar-refractivity contribution in [2.75, 3.05) is 0 Å². The van der Waals surface area contributed by atoms with E-state index < -0.39 is 11.8 Å². The normalized spacial score (nSPS) is 13.2. The first-order valence-electron chi connectivity index (χ1n) is 4.73. The average Bonchev–Trinajstić information content (AvgIpc) is 2.60. The Labute approximate surface area is 86.9 Å². The van der Waals surface area contributed by atoms with Gasteiger partial charge >= 0.3 is 5.97 Å². The zero-order chi connectivity index (χ0) is 11.4. The second-order valence-electron chi connectivity index (χ2n) is 3.07. The van der Waals surface area contributed by atoms with E-state index in [0.29, 0.717) is 5.22 Å². The minimum absolute atomic E-state index is 0.220. The first-order chi connectivity index (χ1) is 7.11. The quantitative estimate of drug-likeness (QED) is 0.552. The van der Waals surface area contributed by atoms with Gasteiger partial charge < -0.3 is 10.1 Å². The van der Waals surface area contributed by atoms with Crippen molar-refractivity contribution < 1.29 is 14.7 Å². The van der Waals surface area contributed by atoms with Gasteiger partial charge in [0.25, 0.3) is 5.78 Å². The fourth-order valence-electron chi connectivity index (χ4n) is 1.42. The number of aromatic nitrogens is 1. The highest BCUT2D eigenvalue weighted by Crippen LogP contribution is 1.90. The number of H-pyrrole nitrogens is 1. The summed E-state index contributed by atoms with van der Waals surface area (Å²) in [7, 11) is 0. The van der Waals surface area contributed by atoms with Crippen LogP contribution in [0.15, 0.2) is 6.20 Å². The molecule has 2 N–H and O–H groups in total. The molecule has 0 aromatic carbocycles. The van der Waals surface area contributed by atoms with Crippen LogP contribution in [0, 0.1) is 0 Å². The van der Waals surface area contributed by atoms with E-state index in [0.717, 1.165) is 11.8 Å². The van der Waals surface area contributed by atoms with E-state index in [-0.39, 0.29) is 5.56 Å². The standard InChI is InChI=1S/C11H13NO3/c1-3-5-7-8(10(13)11(14)15)6-12-9(7)4-2/h4-6,12H,3H2,1-2H3,(H,14,15)/b7-5-,9-4+. The van der Waals surface area contributed by atoms with Gasteiger partial charge in [-0.15, -0.1) is 0 Å². The fraction of sp³-hybridized carbons (Fsp3) is 0.273. The van der Waals surface area contributed by atoms with Crippen molar-refractivity contribution in [1.29, 1.82) is 0 Å². The Balaban J connectivity index is 3.46. The van der Waals surface area contributed by atoms with Crippen molar-refractivity contribution >= 4 is 23.9 Å². The summed E-state index contributed by atoms with van der Waals surface area (Å²) in [5.74, 6) is -2.30. The molecule has 0 fully saturated rings. The lowest BCUT2D eigenvalue weighted by atomic mass is 10.1. The van der Waals surface area contributed by atoms with Crippen LogP contribution in [0.5, 0.6) is 0 Å². The molecule has 1 heterocycles. The minimum atomic E-state index is -1.43. The van der Waals surface area contributed by atoms with Crippen LogP contribution in [0.4, 0.5) is 0 Å². The molecule has 4 nitrogen and oxygen atoms in total. The zero-order valence-corrected chi connectivity index (χ0v) is 8.70. The summed E-state index contributed by atoms with van der Waals surface area (Å²) in [6, 6.07) is 0. The predicted molar refractivity (Wildman–Crippen MR) is 56.9 cm³/mol. The second kappa shape index (κ2) is 4.59. The first-order valence-corrected chi connectivity index (χ1v) is 4.73. The number of aliphatic carboxylic acids is 1. The maximum atomic E-state index is 11.3. The number of carbonyl (C=O) groups is 2. The van der Waals surface area contributed by atoms with E-state index in [1.807, 2.05) is 19.9 Å². The Morgan fingerprint density at radius 3 is 2.67 bits per heavy atom. The molecule has 0 bridgehead atoms. The molecule has 1 aromatic heterocycles. The lowest BCUT2D eigenvalue weighted by molar-refractivity contribution is -0.131. The van der Waals surface area contributed by atoms with E-state index >= 15 is 0 Å². The number of carboxylic acids is 1. The molecular formula is C11H13NO3. The molecule has 80 valence electrons. The molecule has 0 unspecified atom stereocenters. The number of rotatable bonds is 3. The summed E-state index contributed by atoms with van der Waals surface area (Å²) in [4.78, 5) is 24.8. The second-order valence-corrected chi connectivity index (χ2v) is 3.07. The Kier molecular flexibility index (Phi) is 3.44. The van der Waals surface area contributed by atoms with Crippen molar-refractivity contribution in [3.8, 4) is 0 Å². The third kappa shape index (κ3) is 2.15. The zero-order valence-electron chi connectivity index (χ0n) is 8.70. The number of carbonyl (C=O) groups excluding carboxylic acids is 1. The van der Waals surface area contributed by atoms with Gasteiger partial charge in [0.05, 0.1) is 5.56 Å². The fourth-order valence-corrected chi connectivity index (χ4v) is 1.42. The van der Waals surface area contributed by atoms with Crippen LogP contribution in [0.3, 0.4) is 0 Å². The van der Waals surface area contributed by atoms with Crippen molar-refractivity contribution in [2.45, 2.75) is 20.3 Å². The smallest absolute Gasteiger partial charge is 0.377 e. The number of carboxylic acid groups (broad SMARTS) is 1. The molecule has 0 aliphatic heterocycles. The number of Topliss-reactive ketones (excluding diaryl/α,β-unsaturated/α-hetero) is 1. The van der Waals surface area contributed by atoms with E-state index in [9.17, 15) is 9.59 Å². The SMILES string of the molecule is C/C=c1/[nH]cc(C(=O)C(=O)O)/c1=C/CC. The molecular weight excluding hydrogens is 194 g/mol. The molecule has 0 atom stereocenters. The highest BCUT2D eigenvalue weighted by atomic mass is 16.4. The Morgan fingerprint density at radius 1 is 1.53 bits per heavy atom. The molecule has 0 saturated heterocycles. The summed E-state index contributed by atoms with van der Waals surface area (Å²) >= 11 is 0. The lowest BCUT2D eigenvalue weighted by Crippen LogP contribution is -2.29. The molecule has 1 rings (SSSR count). The monoisotopic (exact) mass is 207 g/mol. The van der Waals surface area contributed by atoms with Crippen molar-refractivity contribution in [3.63, 3.8) is 0 Å². The van der Waals surface area contributed by atoms with Crippen LogP contribution in [0.1, 0.15) is 30.6 Å². The van der Waals surface area contributed by atoms with Crippen LogP contribution in [0.2, 0.25) is 0 Å². The lowest BCUT2D eigenvalue weighted by Gasteiger charge is -1.89. The van der Waals surface area contributed by atoms with Gasteiger partial charge in [0.2, 0.25) is 0 Å². The van der Waals surface area contributed by atoms with Crippen LogP contribution in [0.25, 0.3) is 12.2 Å². The van der Waals surface area contributed by atoms with E-state index in [1.54, 1.807) is 6.08 Å². The van der Waals surface area contributed by atoms with Crippen molar-refractivity contribution in [2.24, 2.45) is 0 Å². The van der Waals surface area contributed by atoms with Crippen LogP contribution in [-0.2, 0) is 4.79 Å². The number of hydrogen-bond donors (Lipinski definition) is 2. The highest BCUT2D eigenvalue weighted by molar-refractivity contribution is 6.39. The maximum absolute atomic E-state index is 11.3. The predicted octanol–water partition coefficient (Wildman–Crippen LogP) is 0.273. The molecule has 0 aliphatic carbocycles. The molecule has 0 amide bonds. The van der Waals surface area contributed by atoms with Gasteiger partial charge in [0, 0.05) is 16.8 Å². The third-order valence-electron chi connectivity index (χ3n) is 2.09. The van der Waals surface area contributed by atoms with Crippen LogP contribution in [-0.4, -0.2) is 21.8 Å². The molecule has 4 heteroatoms. The van der Waals surface area contributed by atoms with Gasteiger partial charge in [-0.25, -0.2) is 4.79 Å². The summed E-state index contributed by atoms with van der Waals surface area (Å²) in [5, 5.41) is 10.1. The number of aromatic amines is 1. The summed E-state index contributed by atoms with van der Waals surface area (Å²) < 4.78 is 0. The van der Waals surface area contributed by atoms with Gasteiger partial charge in [0.1, 0.15) is 0 Å². The van der Waals surface area contributed by atoms with Crippen LogP contribution < -0.4 is 10.6 Å². The van der Waals surface area contributed by atoms with E-state index in [1.165, 1.54) is 6.20 Å². The van der Waals surface area contributed by atoms with Crippen molar-refractivity contribution in [3.05, 3.63) is 22.3 Å². The minimum Gasteiger partial charge on any atom is -0.475 e. The molecule has 0 aliphatic rings. The molecule has 1 aromatic rings. The summed E-state index contributed by atoms with van der Waals surface area (Å²) in [6.45, 7) is 3.76. The Hall–Kier alpha value is -1.84. The third-order valence-corrected chi connectivity index (χ3v) is 2.09. The molecule has 15 heavy (non-hydrogen) atoms. The summed E-state index contributed by atoms with van der Waals surface area (Å²) in [5.41, 5.74) is 0.220. The van der Waals surface area contributed by atoms with Crippen molar-refractivity contribution in [1.82, 2.24) is 4.98 Å². The number of nitrogens with one attached hydrogen (secondary N) is 1.